The lowest BCUT2D eigenvalue weighted by atomic mass is 10.3. The summed E-state index contributed by atoms with van der Waals surface area (Å²) in [6.07, 6.45) is 0. The highest BCUT2D eigenvalue weighted by Crippen LogP contribution is 2.60. The molecule has 1 heterocycles. The van der Waals surface area contributed by atoms with Crippen LogP contribution in [0.15, 0.2) is 0 Å². The Kier molecular flexibility index (Phi) is 0.698. The summed E-state index contributed by atoms with van der Waals surface area (Å²) in [6, 6.07) is 0. The smallest absolute Gasteiger partial charge is 0.275 e. The molecule has 0 aromatic carbocycles. The molecule has 1 aliphatic carbocycles. The Balaban J connectivity index is 2.26. The van der Waals surface area contributed by atoms with Crippen LogP contribution >= 0.6 is 0 Å². The third-order valence-corrected chi connectivity index (χ3v) is 2.22. The number of nitrogens with two attached hydrogens (primary N) is 1. The third-order valence-electron chi connectivity index (χ3n) is 2.22. The number of hydrogen-bond donors (Lipinski definition) is 1. The third kappa shape index (κ3) is 0.391. The fourth-order valence-corrected chi connectivity index (χ4v) is 1.35. The molecule has 1 saturated heterocycles. The van der Waals surface area contributed by atoms with Crippen LogP contribution in [0.4, 0.5) is 8.78 Å². The topological polar surface area (TPSA) is 35.2 Å². The van der Waals surface area contributed by atoms with E-state index in [2.05, 4.69) is 0 Å². The van der Waals surface area contributed by atoms with Crippen LogP contribution < -0.4 is 5.73 Å². The Morgan fingerprint density at radius 3 is 2.44 bits per heavy atom. The van der Waals surface area contributed by atoms with Crippen LogP contribution in [0.2, 0.25) is 0 Å². The number of hydrogen-bond acceptors (Lipinski definition) is 2. The van der Waals surface area contributed by atoms with Gasteiger partial charge in [-0.25, -0.2) is 8.78 Å². The number of alkyl halides is 2. The first-order chi connectivity index (χ1) is 4.09. The van der Waals surface area contributed by atoms with E-state index >= 15 is 0 Å². The van der Waals surface area contributed by atoms with Gasteiger partial charge in [-0.3, -0.25) is 0 Å². The zero-order chi connectivity index (χ0) is 6.70. The molecule has 0 bridgehead atoms. The molecule has 2 rings (SSSR count). The van der Waals surface area contributed by atoms with Crippen LogP contribution in [0.5, 0.6) is 0 Å². The van der Waals surface area contributed by atoms with Crippen molar-refractivity contribution in [3.05, 3.63) is 0 Å². The monoisotopic (exact) mass is 135 g/mol. The minimum absolute atomic E-state index is 0.0185. The number of halogens is 2. The molecule has 0 aromatic rings. The first-order valence-electron chi connectivity index (χ1n) is 2.83. The Morgan fingerprint density at radius 1 is 1.56 bits per heavy atom. The van der Waals surface area contributed by atoms with Gasteiger partial charge in [-0.05, 0) is 0 Å². The van der Waals surface area contributed by atoms with Crippen LogP contribution in [0.3, 0.4) is 0 Å². The van der Waals surface area contributed by atoms with Crippen molar-refractivity contribution >= 4 is 0 Å². The average molecular weight is 135 g/mol. The fraction of sp³-hybridized carbons (Fsp3) is 1.00. The zero-order valence-corrected chi connectivity index (χ0v) is 4.73. The van der Waals surface area contributed by atoms with Crippen molar-refractivity contribution < 1.29 is 13.5 Å². The minimum atomic E-state index is -2.65. The average Bonchev–Trinajstić information content (AvgIpc) is 2.21. The summed E-state index contributed by atoms with van der Waals surface area (Å²) in [4.78, 5) is 0. The molecule has 0 spiro atoms. The summed E-state index contributed by atoms with van der Waals surface area (Å²) in [7, 11) is 0. The van der Waals surface area contributed by atoms with E-state index in [0.29, 0.717) is 0 Å². The Labute approximate surface area is 51.0 Å². The van der Waals surface area contributed by atoms with Gasteiger partial charge >= 0.3 is 0 Å². The van der Waals surface area contributed by atoms with E-state index in [1.54, 1.807) is 0 Å². The molecule has 0 aromatic heterocycles. The lowest BCUT2D eigenvalue weighted by Gasteiger charge is -2.05. The van der Waals surface area contributed by atoms with Gasteiger partial charge < -0.3 is 10.5 Å². The molecule has 52 valence electrons. The summed E-state index contributed by atoms with van der Waals surface area (Å²) in [6.45, 7) is 0.147. The maximum Gasteiger partial charge on any atom is 0.275 e. The van der Waals surface area contributed by atoms with Crippen LogP contribution in [-0.4, -0.2) is 24.7 Å². The van der Waals surface area contributed by atoms with E-state index in [0.717, 1.165) is 0 Å². The largest absolute Gasteiger partial charge is 0.379 e. The Hall–Kier alpha value is -0.220. The van der Waals surface area contributed by atoms with E-state index in [9.17, 15) is 8.78 Å². The van der Waals surface area contributed by atoms with Gasteiger partial charge in [0.05, 0.1) is 19.1 Å². The van der Waals surface area contributed by atoms with Crippen molar-refractivity contribution in [3.63, 3.8) is 0 Å². The van der Waals surface area contributed by atoms with Crippen molar-refractivity contribution in [1.82, 2.24) is 0 Å². The molecule has 0 unspecified atom stereocenters. The van der Waals surface area contributed by atoms with E-state index in [-0.39, 0.29) is 13.2 Å². The van der Waals surface area contributed by atoms with E-state index in [1.807, 2.05) is 0 Å². The second-order valence-corrected chi connectivity index (χ2v) is 2.73. The molecule has 2 N–H and O–H groups in total. The maximum atomic E-state index is 12.4. The predicted octanol–water partition coefficient (Wildman–Crippen LogP) is -0.0208. The van der Waals surface area contributed by atoms with Crippen molar-refractivity contribution in [2.45, 2.75) is 11.5 Å². The molecule has 2 atom stereocenters. The Morgan fingerprint density at radius 2 is 2.22 bits per heavy atom. The van der Waals surface area contributed by atoms with Gasteiger partial charge in [0.15, 0.2) is 0 Å². The molecule has 2 nitrogen and oxygen atoms in total. The predicted molar refractivity (Wildman–Crippen MR) is 26.2 cm³/mol. The fourth-order valence-electron chi connectivity index (χ4n) is 1.35. The van der Waals surface area contributed by atoms with Gasteiger partial charge in [0.25, 0.3) is 5.92 Å². The molecule has 0 amide bonds. The first-order valence-corrected chi connectivity index (χ1v) is 2.83. The molecule has 1 aliphatic heterocycles. The molecule has 2 fully saturated rings. The Bertz CT molecular complexity index is 161. The van der Waals surface area contributed by atoms with Gasteiger partial charge in [0, 0.05) is 0 Å². The van der Waals surface area contributed by atoms with Gasteiger partial charge in [0.1, 0.15) is 5.54 Å². The molecule has 2 aliphatic rings. The molecule has 0 radical (unpaired) electrons. The summed E-state index contributed by atoms with van der Waals surface area (Å²) in [5, 5.41) is 0. The first kappa shape index (κ1) is 5.56. The summed E-state index contributed by atoms with van der Waals surface area (Å²) in [5.41, 5.74) is 3.96. The van der Waals surface area contributed by atoms with E-state index in [1.165, 1.54) is 0 Å². The van der Waals surface area contributed by atoms with Crippen LogP contribution in [0.1, 0.15) is 0 Å². The highest BCUT2D eigenvalue weighted by molar-refractivity contribution is 5.26. The number of fused-ring (bicyclic) bond motifs is 1. The number of rotatable bonds is 0. The highest BCUT2D eigenvalue weighted by Gasteiger charge is 2.81. The highest BCUT2D eigenvalue weighted by atomic mass is 19.3. The van der Waals surface area contributed by atoms with Crippen molar-refractivity contribution in [3.8, 4) is 0 Å². The quantitative estimate of drug-likeness (QED) is 0.506. The van der Waals surface area contributed by atoms with Crippen molar-refractivity contribution in [2.75, 3.05) is 13.2 Å². The van der Waals surface area contributed by atoms with Gasteiger partial charge in [0.2, 0.25) is 0 Å². The molecular formula is C5H7F2NO. The maximum absolute atomic E-state index is 12.4. The minimum Gasteiger partial charge on any atom is -0.379 e. The van der Waals surface area contributed by atoms with Gasteiger partial charge in [-0.15, -0.1) is 0 Å². The standard InChI is InChI=1S/C5H7F2NO/c6-5(7)3-1-9-2-4(3,5)8/h3H,1-2,8H2/t3-,4-/m1/s1. The second-order valence-electron chi connectivity index (χ2n) is 2.73. The zero-order valence-electron chi connectivity index (χ0n) is 4.73. The molecule has 9 heavy (non-hydrogen) atoms. The molecule has 1 saturated carbocycles. The summed E-state index contributed by atoms with van der Waals surface area (Å²) < 4.78 is 29.6. The molecular weight excluding hydrogens is 128 g/mol. The summed E-state index contributed by atoms with van der Waals surface area (Å²) >= 11 is 0. The van der Waals surface area contributed by atoms with Crippen LogP contribution in [-0.2, 0) is 4.74 Å². The van der Waals surface area contributed by atoms with Crippen molar-refractivity contribution in [2.24, 2.45) is 11.7 Å². The van der Waals surface area contributed by atoms with Crippen molar-refractivity contribution in [1.29, 1.82) is 0 Å². The normalized spacial score (nSPS) is 53.0. The second kappa shape index (κ2) is 1.13. The SMILES string of the molecule is N[C@]12COC[C@H]1C2(F)F. The number of ether oxygens (including phenoxy) is 1. The molecule has 4 heteroatoms. The van der Waals surface area contributed by atoms with E-state index in [4.69, 9.17) is 10.5 Å². The van der Waals surface area contributed by atoms with Crippen LogP contribution in [0.25, 0.3) is 0 Å². The van der Waals surface area contributed by atoms with Gasteiger partial charge in [-0.2, -0.15) is 0 Å². The van der Waals surface area contributed by atoms with Gasteiger partial charge in [-0.1, -0.05) is 0 Å². The van der Waals surface area contributed by atoms with E-state index < -0.39 is 17.4 Å². The lowest BCUT2D eigenvalue weighted by Crippen LogP contribution is -2.33. The lowest BCUT2D eigenvalue weighted by molar-refractivity contribution is 0.0102. The summed E-state index contributed by atoms with van der Waals surface area (Å²) in [5.74, 6) is -3.35. The van der Waals surface area contributed by atoms with Crippen LogP contribution in [0, 0.1) is 5.92 Å².